The lowest BCUT2D eigenvalue weighted by atomic mass is 10.1. The highest BCUT2D eigenvalue weighted by atomic mass is 32.2. The van der Waals surface area contributed by atoms with E-state index in [1.807, 2.05) is 60.3 Å². The third kappa shape index (κ3) is 6.12. The molecule has 17 nitrogen and oxygen atoms in total. The molecule has 2 aliphatic heterocycles. The van der Waals surface area contributed by atoms with Crippen LogP contribution in [-0.4, -0.2) is 86.7 Å². The number of fused-ring (bicyclic) bond motifs is 3. The minimum absolute atomic E-state index is 0.293. The number of allylic oxidation sites excluding steroid dienone is 1. The van der Waals surface area contributed by atoms with Gasteiger partial charge in [0.05, 0.1) is 17.1 Å². The highest BCUT2D eigenvalue weighted by Gasteiger charge is 2.38. The van der Waals surface area contributed by atoms with Gasteiger partial charge in [0.15, 0.2) is 9.95 Å². The SMILES string of the molecule is CN1C(=CC=c2o/c(=c3/s/c(=C4/SC(=O)N(CC(=O)O)C4=O)n(CC(=O)O)c3=O)n(CCS(=O)(=O)O)c2=O)N(C)c2c1ccc1ccccc21. The zero-order valence-corrected chi connectivity index (χ0v) is 28.4. The molecule has 50 heavy (non-hydrogen) atoms. The van der Waals surface area contributed by atoms with Crippen molar-refractivity contribution in [1.82, 2.24) is 14.0 Å². The number of oxazole rings is 1. The van der Waals surface area contributed by atoms with Gasteiger partial charge in [-0.15, -0.1) is 11.3 Å². The van der Waals surface area contributed by atoms with Crippen LogP contribution in [0.5, 0.6) is 0 Å². The van der Waals surface area contributed by atoms with Crippen molar-refractivity contribution >= 4 is 89.4 Å². The normalized spacial score (nSPS) is 17.9. The number of aromatic nitrogens is 2. The van der Waals surface area contributed by atoms with Crippen LogP contribution in [0.3, 0.4) is 0 Å². The molecule has 0 saturated carbocycles. The third-order valence-electron chi connectivity index (χ3n) is 7.84. The number of benzene rings is 2. The number of hydrogen-bond donors (Lipinski definition) is 3. The van der Waals surface area contributed by atoms with Crippen LogP contribution < -0.4 is 31.0 Å². The van der Waals surface area contributed by atoms with Crippen molar-refractivity contribution in [2.24, 2.45) is 0 Å². The standard InChI is InChI=1S/C30H25N5O12S3/c1-31-17-8-7-15-5-3-4-6-16(15)22(17)32(2)19(31)10-9-18-25(40)33(11-12-50(44,45)46)28(47-18)23-26(41)34(13-20(36)37)29(48-23)24-27(42)35(14-21(38)39)30(43)49-24/h3-10H,11-14H2,1-2H3,(H,36,37)(H,38,39)(H,44,45,46)/b18-9?,19-10?,28-23+,29-24+. The van der Waals surface area contributed by atoms with Gasteiger partial charge in [-0.1, -0.05) is 30.3 Å². The number of carbonyl (C=O) groups is 4. The van der Waals surface area contributed by atoms with Crippen LogP contribution in [-0.2, 0) is 37.6 Å². The molecule has 0 radical (unpaired) electrons. The van der Waals surface area contributed by atoms with Crippen LogP contribution in [0.15, 0.2) is 62.3 Å². The summed E-state index contributed by atoms with van der Waals surface area (Å²) in [7, 11) is -0.986. The number of nitrogens with zero attached hydrogens (tertiary/aromatic N) is 5. The van der Waals surface area contributed by atoms with Crippen molar-refractivity contribution < 1.29 is 46.8 Å². The van der Waals surface area contributed by atoms with Crippen molar-refractivity contribution in [2.45, 2.75) is 13.1 Å². The minimum atomic E-state index is -4.63. The number of aliphatic carboxylic acids is 2. The van der Waals surface area contributed by atoms with Gasteiger partial charge in [-0.25, -0.2) is 0 Å². The van der Waals surface area contributed by atoms with E-state index in [2.05, 4.69) is 0 Å². The molecular weight excluding hydrogens is 719 g/mol. The molecule has 20 heteroatoms. The van der Waals surface area contributed by atoms with Crippen LogP contribution in [0, 0.1) is 10.1 Å². The molecule has 0 bridgehead atoms. The number of amides is 2. The van der Waals surface area contributed by atoms with Gasteiger partial charge in [-0.2, -0.15) is 8.42 Å². The van der Waals surface area contributed by atoms with Crippen LogP contribution in [0.1, 0.15) is 0 Å². The lowest BCUT2D eigenvalue weighted by Crippen LogP contribution is -2.35. The number of carboxylic acids is 2. The molecule has 2 aromatic carbocycles. The molecule has 0 aliphatic carbocycles. The van der Waals surface area contributed by atoms with Gasteiger partial charge >= 0.3 is 11.9 Å². The monoisotopic (exact) mass is 743 g/mol. The molecule has 1 saturated heterocycles. The summed E-state index contributed by atoms with van der Waals surface area (Å²) in [5, 5.41) is 19.7. The molecule has 0 spiro atoms. The smallest absolute Gasteiger partial charge is 0.323 e. The summed E-state index contributed by atoms with van der Waals surface area (Å²) in [5.41, 5.74) is -1.04. The van der Waals surface area contributed by atoms with E-state index in [-0.39, 0.29) is 10.1 Å². The summed E-state index contributed by atoms with van der Waals surface area (Å²) in [6.45, 7) is -2.66. The van der Waals surface area contributed by atoms with Crippen molar-refractivity contribution in [3.05, 3.63) is 89.2 Å². The van der Waals surface area contributed by atoms with Gasteiger partial charge in [0.25, 0.3) is 32.4 Å². The number of imide groups is 1. The second-order valence-electron chi connectivity index (χ2n) is 11.0. The quantitative estimate of drug-likeness (QED) is 0.204. The van der Waals surface area contributed by atoms with Crippen LogP contribution in [0.25, 0.3) is 21.8 Å². The minimum Gasteiger partial charge on any atom is -0.480 e. The molecule has 0 unspecified atom stereocenters. The number of anilines is 2. The summed E-state index contributed by atoms with van der Waals surface area (Å²) < 4.78 is 39.3. The van der Waals surface area contributed by atoms with E-state index in [1.165, 1.54) is 6.08 Å². The van der Waals surface area contributed by atoms with Gasteiger partial charge in [-0.3, -0.25) is 47.4 Å². The maximum atomic E-state index is 13.7. The van der Waals surface area contributed by atoms with E-state index >= 15 is 0 Å². The second-order valence-corrected chi connectivity index (χ2v) is 14.5. The Labute approximate surface area is 287 Å². The maximum Gasteiger partial charge on any atom is 0.323 e. The predicted molar refractivity (Wildman–Crippen MR) is 182 cm³/mol. The first kappa shape index (κ1) is 34.4. The van der Waals surface area contributed by atoms with Crippen molar-refractivity contribution in [1.29, 1.82) is 0 Å². The number of hydrogen-bond acceptors (Lipinski definition) is 13. The maximum absolute atomic E-state index is 13.7. The molecule has 1 fully saturated rings. The summed E-state index contributed by atoms with van der Waals surface area (Å²) in [6, 6.07) is 11.7. The largest absolute Gasteiger partial charge is 0.480 e. The highest BCUT2D eigenvalue weighted by Crippen LogP contribution is 2.44. The Bertz CT molecular complexity index is 2650. The Balaban J connectivity index is 1.60. The zero-order valence-electron chi connectivity index (χ0n) is 25.9. The molecule has 2 aromatic heterocycles. The first-order chi connectivity index (χ1) is 23.6. The van der Waals surface area contributed by atoms with Gasteiger partial charge in [0, 0.05) is 26.0 Å². The van der Waals surface area contributed by atoms with E-state index in [0.717, 1.165) is 26.7 Å². The fourth-order valence-corrected chi connectivity index (χ4v) is 8.17. The van der Waals surface area contributed by atoms with E-state index in [1.54, 1.807) is 6.08 Å². The van der Waals surface area contributed by atoms with E-state index in [4.69, 9.17) is 9.52 Å². The molecule has 2 aliphatic rings. The molecular formula is C30H25N5O12S3. The number of rotatable bonds is 8. The van der Waals surface area contributed by atoms with Gasteiger partial charge in [0.1, 0.15) is 28.5 Å². The fourth-order valence-electron chi connectivity index (χ4n) is 5.61. The highest BCUT2D eigenvalue weighted by molar-refractivity contribution is 8.23. The molecule has 4 heterocycles. The first-order valence-electron chi connectivity index (χ1n) is 14.4. The van der Waals surface area contributed by atoms with Gasteiger partial charge in [-0.05, 0) is 35.4 Å². The van der Waals surface area contributed by atoms with Crippen molar-refractivity contribution in [2.75, 3.05) is 36.2 Å². The summed E-state index contributed by atoms with van der Waals surface area (Å²) >= 11 is 0.776. The lowest BCUT2D eigenvalue weighted by molar-refractivity contribution is -0.140. The van der Waals surface area contributed by atoms with Crippen LogP contribution in [0.2, 0.25) is 0 Å². The number of thioether (sulfide) groups is 1. The average molecular weight is 744 g/mol. The summed E-state index contributed by atoms with van der Waals surface area (Å²) in [6.07, 6.45) is 2.88. The number of carboxylic acid groups (broad SMARTS) is 2. The molecule has 6 rings (SSSR count). The van der Waals surface area contributed by atoms with E-state index in [9.17, 15) is 46.8 Å². The zero-order chi connectivity index (χ0) is 36.2. The summed E-state index contributed by atoms with van der Waals surface area (Å²) in [5.74, 6) is -4.43. The van der Waals surface area contributed by atoms with Gasteiger partial charge < -0.3 is 24.4 Å². The second kappa shape index (κ2) is 12.8. The van der Waals surface area contributed by atoms with Crippen LogP contribution >= 0.6 is 23.1 Å². The Kier molecular flexibility index (Phi) is 8.80. The van der Waals surface area contributed by atoms with Gasteiger partial charge in [0.2, 0.25) is 5.55 Å². The van der Waals surface area contributed by atoms with Crippen molar-refractivity contribution in [3.63, 3.8) is 0 Å². The third-order valence-corrected chi connectivity index (χ3v) is 10.8. The fraction of sp³-hybridized carbons (Fsp3) is 0.200. The Morgan fingerprint density at radius 3 is 2.28 bits per heavy atom. The molecule has 3 N–H and O–H groups in total. The first-order valence-corrected chi connectivity index (χ1v) is 17.6. The molecule has 2 amide bonds. The molecule has 4 aromatic rings. The Morgan fingerprint density at radius 2 is 1.60 bits per heavy atom. The average Bonchev–Trinajstić information content (AvgIpc) is 3.70. The molecule has 0 atom stereocenters. The topological polar surface area (TPSA) is 230 Å². The number of carbonyl (C=O) groups excluding carboxylic acids is 2. The Hall–Kier alpha value is -5.44. The van der Waals surface area contributed by atoms with E-state index < -0.39 is 84.7 Å². The van der Waals surface area contributed by atoms with Crippen molar-refractivity contribution in [3.8, 4) is 0 Å². The predicted octanol–water partition coefficient (Wildman–Crippen LogP) is 0.173. The molecule has 260 valence electrons. The summed E-state index contributed by atoms with van der Waals surface area (Å²) in [4.78, 5) is 79.6. The Morgan fingerprint density at radius 1 is 0.900 bits per heavy atom. The van der Waals surface area contributed by atoms with E-state index in [0.29, 0.717) is 38.4 Å². The van der Waals surface area contributed by atoms with Crippen LogP contribution in [0.4, 0.5) is 16.2 Å². The lowest BCUT2D eigenvalue weighted by Gasteiger charge is -2.17. The number of thiazole rings is 1.